The van der Waals surface area contributed by atoms with Crippen LogP contribution >= 0.6 is 0 Å². The average molecular weight is 344 g/mol. The minimum absolute atomic E-state index is 0.330. The molecule has 0 N–H and O–H groups in total. The van der Waals surface area contributed by atoms with Crippen LogP contribution in [0.5, 0.6) is 17.2 Å². The molecule has 0 fully saturated rings. The first-order chi connectivity index (χ1) is 12.8. The highest BCUT2D eigenvalue weighted by Crippen LogP contribution is 2.18. The van der Waals surface area contributed by atoms with Gasteiger partial charge in [-0.2, -0.15) is 0 Å². The predicted molar refractivity (Wildman–Crippen MR) is 103 cm³/mol. The lowest BCUT2D eigenvalue weighted by Crippen LogP contribution is -1.96. The summed E-state index contributed by atoms with van der Waals surface area (Å²) in [5.41, 5.74) is 2.07. The number of hydrogen-bond acceptors (Lipinski definition) is 3. The molecule has 0 unspecified atom stereocenters. The van der Waals surface area contributed by atoms with Crippen molar-refractivity contribution in [2.24, 2.45) is 0 Å². The van der Waals surface area contributed by atoms with Crippen LogP contribution < -0.4 is 14.2 Å². The summed E-state index contributed by atoms with van der Waals surface area (Å²) in [5, 5.41) is 0. The molecule has 3 heteroatoms. The number of rotatable bonds is 6. The molecule has 3 aromatic rings. The van der Waals surface area contributed by atoms with E-state index in [-0.39, 0.29) is 0 Å². The van der Waals surface area contributed by atoms with E-state index in [1.165, 1.54) is 0 Å². The summed E-state index contributed by atoms with van der Waals surface area (Å²) in [4.78, 5) is 0. The molecule has 0 aliphatic heterocycles. The van der Waals surface area contributed by atoms with Crippen LogP contribution in [0, 0.1) is 11.8 Å². The summed E-state index contributed by atoms with van der Waals surface area (Å²) in [5.74, 6) is 8.46. The van der Waals surface area contributed by atoms with Gasteiger partial charge in [0, 0.05) is 5.56 Å². The van der Waals surface area contributed by atoms with E-state index in [1.807, 2.05) is 78.9 Å². The van der Waals surface area contributed by atoms with E-state index in [0.717, 1.165) is 28.4 Å². The molecule has 0 radical (unpaired) electrons. The van der Waals surface area contributed by atoms with Gasteiger partial charge in [-0.25, -0.2) is 0 Å². The third kappa shape index (κ3) is 5.32. The van der Waals surface area contributed by atoms with Crippen LogP contribution in [0.2, 0.25) is 0 Å². The number of methoxy groups -OCH3 is 1. The lowest BCUT2D eigenvalue weighted by Gasteiger charge is -2.07. The van der Waals surface area contributed by atoms with Crippen LogP contribution in [-0.2, 0) is 6.61 Å². The summed E-state index contributed by atoms with van der Waals surface area (Å²) >= 11 is 0. The third-order valence-electron chi connectivity index (χ3n) is 3.71. The first-order valence-corrected chi connectivity index (χ1v) is 8.36. The Hall–Kier alpha value is -3.38. The first-order valence-electron chi connectivity index (χ1n) is 8.36. The largest absolute Gasteiger partial charge is 0.497 e. The minimum atomic E-state index is 0.330. The molecule has 0 spiro atoms. The third-order valence-corrected chi connectivity index (χ3v) is 3.71. The fourth-order valence-corrected chi connectivity index (χ4v) is 2.30. The molecule has 0 heterocycles. The molecule has 0 aromatic heterocycles. The number of ether oxygens (including phenoxy) is 3. The second-order valence-electron chi connectivity index (χ2n) is 5.56. The quantitative estimate of drug-likeness (QED) is 0.607. The van der Waals surface area contributed by atoms with E-state index in [0.29, 0.717) is 13.2 Å². The number of benzene rings is 3. The van der Waals surface area contributed by atoms with E-state index in [9.17, 15) is 0 Å². The lowest BCUT2D eigenvalue weighted by atomic mass is 10.2. The van der Waals surface area contributed by atoms with E-state index in [2.05, 4.69) is 11.8 Å². The van der Waals surface area contributed by atoms with Crippen LogP contribution in [0.15, 0.2) is 78.9 Å². The van der Waals surface area contributed by atoms with Gasteiger partial charge in [-0.3, -0.25) is 0 Å². The fraction of sp³-hybridized carbons (Fsp3) is 0.130. The summed E-state index contributed by atoms with van der Waals surface area (Å²) in [6.07, 6.45) is 0. The Kier molecular flexibility index (Phi) is 6.17. The molecule has 0 aliphatic rings. The number of hydrogen-bond donors (Lipinski definition) is 0. The van der Waals surface area contributed by atoms with Crippen molar-refractivity contribution in [1.82, 2.24) is 0 Å². The van der Waals surface area contributed by atoms with Crippen molar-refractivity contribution in [3.63, 3.8) is 0 Å². The van der Waals surface area contributed by atoms with Crippen molar-refractivity contribution in [1.29, 1.82) is 0 Å². The van der Waals surface area contributed by atoms with Crippen LogP contribution in [0.25, 0.3) is 0 Å². The van der Waals surface area contributed by atoms with Crippen molar-refractivity contribution in [3.05, 3.63) is 90.0 Å². The Balaban J connectivity index is 1.46. The molecule has 0 saturated heterocycles. The molecule has 0 bridgehead atoms. The maximum Gasteiger partial charge on any atom is 0.149 e. The zero-order chi connectivity index (χ0) is 18.0. The maximum atomic E-state index is 5.76. The van der Waals surface area contributed by atoms with Crippen LogP contribution in [-0.4, -0.2) is 13.7 Å². The van der Waals surface area contributed by atoms with Gasteiger partial charge < -0.3 is 14.2 Å². The molecule has 0 atom stereocenters. The van der Waals surface area contributed by atoms with Gasteiger partial charge >= 0.3 is 0 Å². The minimum Gasteiger partial charge on any atom is -0.497 e. The highest BCUT2D eigenvalue weighted by Gasteiger charge is 1.97. The zero-order valence-electron chi connectivity index (χ0n) is 14.6. The molecular weight excluding hydrogens is 324 g/mol. The van der Waals surface area contributed by atoms with Crippen LogP contribution in [0.1, 0.15) is 11.1 Å². The standard InChI is InChI=1S/C23H20O3/c1-24-21-11-9-19(10-12-21)8-5-17-25-22-13-15-23(16-14-22)26-18-20-6-3-2-4-7-20/h2-4,6-7,9-16H,17-18H2,1H3. The molecule has 0 aliphatic carbocycles. The molecule has 3 aromatic carbocycles. The Morgan fingerprint density at radius 1 is 0.692 bits per heavy atom. The smallest absolute Gasteiger partial charge is 0.149 e. The van der Waals surface area contributed by atoms with Crippen LogP contribution in [0.3, 0.4) is 0 Å². The second-order valence-corrected chi connectivity index (χ2v) is 5.56. The summed E-state index contributed by atoms with van der Waals surface area (Å²) < 4.78 is 16.5. The molecule has 130 valence electrons. The Labute approximate surface area is 154 Å². The Bertz CT molecular complexity index is 857. The lowest BCUT2D eigenvalue weighted by molar-refractivity contribution is 0.305. The average Bonchev–Trinajstić information content (AvgIpc) is 2.72. The summed E-state index contributed by atoms with van der Waals surface area (Å²) in [6.45, 7) is 0.880. The van der Waals surface area contributed by atoms with Gasteiger partial charge in [0.15, 0.2) is 0 Å². The second kappa shape index (κ2) is 9.19. The Morgan fingerprint density at radius 3 is 1.96 bits per heavy atom. The normalized spacial score (nSPS) is 9.73. The highest BCUT2D eigenvalue weighted by atomic mass is 16.5. The van der Waals surface area contributed by atoms with Gasteiger partial charge in [-0.15, -0.1) is 0 Å². The fourth-order valence-electron chi connectivity index (χ4n) is 2.30. The molecule has 3 nitrogen and oxygen atoms in total. The van der Waals surface area contributed by atoms with E-state index in [1.54, 1.807) is 7.11 Å². The van der Waals surface area contributed by atoms with Gasteiger partial charge in [0.1, 0.15) is 30.5 Å². The Morgan fingerprint density at radius 2 is 1.31 bits per heavy atom. The summed E-state index contributed by atoms with van der Waals surface area (Å²) in [7, 11) is 1.65. The van der Waals surface area contributed by atoms with Gasteiger partial charge in [-0.05, 0) is 54.1 Å². The molecule has 3 rings (SSSR count). The summed E-state index contributed by atoms with van der Waals surface area (Å²) in [6, 6.07) is 25.3. The van der Waals surface area contributed by atoms with Crippen molar-refractivity contribution < 1.29 is 14.2 Å². The first kappa shape index (κ1) is 17.4. The van der Waals surface area contributed by atoms with Crippen LogP contribution in [0.4, 0.5) is 0 Å². The van der Waals surface area contributed by atoms with E-state index >= 15 is 0 Å². The molecule has 26 heavy (non-hydrogen) atoms. The molecule has 0 amide bonds. The van der Waals surface area contributed by atoms with Gasteiger partial charge in [0.25, 0.3) is 0 Å². The van der Waals surface area contributed by atoms with Crippen molar-refractivity contribution in [3.8, 4) is 29.1 Å². The van der Waals surface area contributed by atoms with Crippen molar-refractivity contribution >= 4 is 0 Å². The maximum absolute atomic E-state index is 5.76. The van der Waals surface area contributed by atoms with Gasteiger partial charge in [0.2, 0.25) is 0 Å². The van der Waals surface area contributed by atoms with Crippen molar-refractivity contribution in [2.75, 3.05) is 13.7 Å². The molecule has 0 saturated carbocycles. The zero-order valence-corrected chi connectivity index (χ0v) is 14.6. The monoisotopic (exact) mass is 344 g/mol. The van der Waals surface area contributed by atoms with Gasteiger partial charge in [0.05, 0.1) is 7.11 Å². The van der Waals surface area contributed by atoms with Crippen molar-refractivity contribution in [2.45, 2.75) is 6.61 Å². The topological polar surface area (TPSA) is 27.7 Å². The molecular formula is C23H20O3. The van der Waals surface area contributed by atoms with E-state index in [4.69, 9.17) is 14.2 Å². The van der Waals surface area contributed by atoms with Gasteiger partial charge in [-0.1, -0.05) is 42.2 Å². The predicted octanol–water partition coefficient (Wildman–Crippen LogP) is 4.70. The van der Waals surface area contributed by atoms with E-state index < -0.39 is 0 Å². The highest BCUT2D eigenvalue weighted by molar-refractivity contribution is 5.38. The SMILES string of the molecule is COc1ccc(C#CCOc2ccc(OCc3ccccc3)cc2)cc1.